The van der Waals surface area contributed by atoms with Crippen LogP contribution in [0.4, 0.5) is 0 Å². The van der Waals surface area contributed by atoms with Gasteiger partial charge >= 0.3 is 0 Å². The quantitative estimate of drug-likeness (QED) is 0.916. The van der Waals surface area contributed by atoms with Gasteiger partial charge in [0.1, 0.15) is 12.1 Å². The highest BCUT2D eigenvalue weighted by Crippen LogP contribution is 2.33. The summed E-state index contributed by atoms with van der Waals surface area (Å²) in [7, 11) is 0. The van der Waals surface area contributed by atoms with Crippen LogP contribution in [0.1, 0.15) is 30.5 Å². The predicted octanol–water partition coefficient (Wildman–Crippen LogP) is 2.77. The lowest BCUT2D eigenvalue weighted by Gasteiger charge is -2.32. The molecule has 1 aromatic heterocycles. The predicted molar refractivity (Wildman–Crippen MR) is 82.2 cm³/mol. The number of ether oxygens (including phenoxy) is 1. The Balaban J connectivity index is 1.81. The largest absolute Gasteiger partial charge is 0.493 e. The summed E-state index contributed by atoms with van der Waals surface area (Å²) < 4.78 is 5.94. The van der Waals surface area contributed by atoms with E-state index >= 15 is 0 Å². The van der Waals surface area contributed by atoms with Gasteiger partial charge in [0, 0.05) is 29.9 Å². The van der Waals surface area contributed by atoms with Crippen LogP contribution >= 0.6 is 0 Å². The second-order valence-electron chi connectivity index (χ2n) is 5.49. The van der Waals surface area contributed by atoms with Gasteiger partial charge in [0.25, 0.3) is 0 Å². The Morgan fingerprint density at radius 1 is 1.29 bits per heavy atom. The molecule has 1 aliphatic heterocycles. The fraction of sp³-hybridized carbons (Fsp3) is 0.412. The molecule has 0 saturated heterocycles. The molecule has 110 valence electrons. The maximum atomic E-state index is 5.94. The first-order chi connectivity index (χ1) is 10.4. The van der Waals surface area contributed by atoms with Gasteiger partial charge < -0.3 is 10.1 Å². The Kier molecular flexibility index (Phi) is 4.46. The van der Waals surface area contributed by atoms with Crippen LogP contribution in [0.3, 0.4) is 0 Å². The van der Waals surface area contributed by atoms with Crippen LogP contribution in [0.2, 0.25) is 0 Å². The highest BCUT2D eigenvalue weighted by atomic mass is 16.5. The van der Waals surface area contributed by atoms with Crippen molar-refractivity contribution < 1.29 is 4.74 Å². The summed E-state index contributed by atoms with van der Waals surface area (Å²) in [5.74, 6) is 1.42. The minimum absolute atomic E-state index is 0.236. The number of benzene rings is 1. The van der Waals surface area contributed by atoms with Gasteiger partial charge in [0.2, 0.25) is 0 Å². The number of hydrogen-bond acceptors (Lipinski definition) is 4. The van der Waals surface area contributed by atoms with E-state index in [0.29, 0.717) is 5.92 Å². The first kappa shape index (κ1) is 14.0. The lowest BCUT2D eigenvalue weighted by Crippen LogP contribution is -2.35. The lowest BCUT2D eigenvalue weighted by molar-refractivity contribution is 0.184. The van der Waals surface area contributed by atoms with Crippen LogP contribution in [0.25, 0.3) is 0 Å². The average molecular weight is 283 g/mol. The molecular weight excluding hydrogens is 262 g/mol. The van der Waals surface area contributed by atoms with E-state index in [1.54, 1.807) is 6.33 Å². The SMILES string of the molecule is CCCNC(c1cncnc1)C1COc2ccccc2C1. The standard InChI is InChI=1S/C17H21N3O/c1-2-7-20-17(15-9-18-12-19-10-15)14-8-13-5-3-4-6-16(13)21-11-14/h3-6,9-10,12,14,17,20H,2,7-8,11H2,1H3. The van der Waals surface area contributed by atoms with E-state index in [1.807, 2.05) is 24.5 Å². The van der Waals surface area contributed by atoms with E-state index < -0.39 is 0 Å². The molecule has 1 aliphatic rings. The molecule has 2 atom stereocenters. The highest BCUT2D eigenvalue weighted by molar-refractivity contribution is 5.35. The lowest BCUT2D eigenvalue weighted by atomic mass is 9.87. The Labute approximate surface area is 125 Å². The molecule has 0 radical (unpaired) electrons. The zero-order chi connectivity index (χ0) is 14.5. The smallest absolute Gasteiger partial charge is 0.122 e. The van der Waals surface area contributed by atoms with Gasteiger partial charge in [0.05, 0.1) is 6.61 Å². The molecule has 0 fully saturated rings. The third-order valence-corrected chi connectivity index (χ3v) is 3.93. The third kappa shape index (κ3) is 3.22. The van der Waals surface area contributed by atoms with Crippen molar-refractivity contribution in [2.24, 2.45) is 5.92 Å². The minimum atomic E-state index is 0.236. The second kappa shape index (κ2) is 6.68. The first-order valence-corrected chi connectivity index (χ1v) is 7.57. The van der Waals surface area contributed by atoms with Gasteiger partial charge in [-0.1, -0.05) is 25.1 Å². The van der Waals surface area contributed by atoms with Crippen LogP contribution in [0.5, 0.6) is 5.75 Å². The summed E-state index contributed by atoms with van der Waals surface area (Å²) in [6.07, 6.45) is 7.51. The van der Waals surface area contributed by atoms with Crippen molar-refractivity contribution in [3.63, 3.8) is 0 Å². The summed E-state index contributed by atoms with van der Waals surface area (Å²) in [6, 6.07) is 8.53. The van der Waals surface area contributed by atoms with E-state index in [2.05, 4.69) is 34.3 Å². The first-order valence-electron chi connectivity index (χ1n) is 7.57. The summed E-state index contributed by atoms with van der Waals surface area (Å²) in [5.41, 5.74) is 2.42. The Morgan fingerprint density at radius 3 is 2.90 bits per heavy atom. The summed E-state index contributed by atoms with van der Waals surface area (Å²) in [5, 5.41) is 3.63. The third-order valence-electron chi connectivity index (χ3n) is 3.93. The van der Waals surface area contributed by atoms with Crippen molar-refractivity contribution in [3.05, 3.63) is 54.1 Å². The van der Waals surface area contributed by atoms with E-state index in [4.69, 9.17) is 4.74 Å². The van der Waals surface area contributed by atoms with Crippen LogP contribution in [-0.2, 0) is 6.42 Å². The zero-order valence-corrected chi connectivity index (χ0v) is 12.3. The molecule has 21 heavy (non-hydrogen) atoms. The van der Waals surface area contributed by atoms with Gasteiger partial charge in [-0.3, -0.25) is 0 Å². The van der Waals surface area contributed by atoms with Gasteiger partial charge in [0.15, 0.2) is 0 Å². The van der Waals surface area contributed by atoms with Gasteiger partial charge in [-0.25, -0.2) is 9.97 Å². The summed E-state index contributed by atoms with van der Waals surface area (Å²) >= 11 is 0. The number of nitrogens with one attached hydrogen (secondary N) is 1. The van der Waals surface area contributed by atoms with Gasteiger partial charge in [-0.2, -0.15) is 0 Å². The molecule has 1 aromatic carbocycles. The monoisotopic (exact) mass is 283 g/mol. The van der Waals surface area contributed by atoms with Gasteiger partial charge in [-0.05, 0) is 31.0 Å². The van der Waals surface area contributed by atoms with Gasteiger partial charge in [-0.15, -0.1) is 0 Å². The molecule has 0 spiro atoms. The van der Waals surface area contributed by atoms with Crippen molar-refractivity contribution in [3.8, 4) is 5.75 Å². The van der Waals surface area contributed by atoms with Crippen LogP contribution in [-0.4, -0.2) is 23.1 Å². The van der Waals surface area contributed by atoms with E-state index in [0.717, 1.165) is 37.3 Å². The molecule has 4 nitrogen and oxygen atoms in total. The van der Waals surface area contributed by atoms with Crippen molar-refractivity contribution in [2.75, 3.05) is 13.2 Å². The van der Waals surface area contributed by atoms with Crippen molar-refractivity contribution in [1.82, 2.24) is 15.3 Å². The Morgan fingerprint density at radius 2 is 2.10 bits per heavy atom. The fourth-order valence-electron chi connectivity index (χ4n) is 2.89. The Hall–Kier alpha value is -1.94. The van der Waals surface area contributed by atoms with Crippen molar-refractivity contribution in [1.29, 1.82) is 0 Å². The number of para-hydroxylation sites is 1. The average Bonchev–Trinajstić information content (AvgIpc) is 2.56. The zero-order valence-electron chi connectivity index (χ0n) is 12.3. The maximum absolute atomic E-state index is 5.94. The van der Waals surface area contributed by atoms with Crippen LogP contribution < -0.4 is 10.1 Å². The van der Waals surface area contributed by atoms with Crippen molar-refractivity contribution in [2.45, 2.75) is 25.8 Å². The number of fused-ring (bicyclic) bond motifs is 1. The molecule has 1 N–H and O–H groups in total. The maximum Gasteiger partial charge on any atom is 0.122 e. The second-order valence-corrected chi connectivity index (χ2v) is 5.49. The van der Waals surface area contributed by atoms with E-state index in [-0.39, 0.29) is 6.04 Å². The molecule has 4 heteroatoms. The number of aromatic nitrogens is 2. The van der Waals surface area contributed by atoms with Crippen molar-refractivity contribution >= 4 is 0 Å². The summed E-state index contributed by atoms with van der Waals surface area (Å²) in [4.78, 5) is 8.32. The Bertz CT molecular complexity index is 573. The molecule has 0 aliphatic carbocycles. The highest BCUT2D eigenvalue weighted by Gasteiger charge is 2.28. The molecule has 0 amide bonds. The molecule has 2 heterocycles. The topological polar surface area (TPSA) is 47.0 Å². The molecular formula is C17H21N3O. The molecule has 3 rings (SSSR count). The molecule has 2 aromatic rings. The number of nitrogens with zero attached hydrogens (tertiary/aromatic N) is 2. The van der Waals surface area contributed by atoms with Crippen LogP contribution in [0.15, 0.2) is 43.0 Å². The molecule has 0 saturated carbocycles. The summed E-state index contributed by atoms with van der Waals surface area (Å²) in [6.45, 7) is 3.89. The molecule has 0 bridgehead atoms. The van der Waals surface area contributed by atoms with Crippen LogP contribution in [0, 0.1) is 5.92 Å². The van der Waals surface area contributed by atoms with E-state index in [9.17, 15) is 0 Å². The minimum Gasteiger partial charge on any atom is -0.493 e. The fourth-order valence-corrected chi connectivity index (χ4v) is 2.89. The number of rotatable bonds is 5. The normalized spacial score (nSPS) is 18.6. The van der Waals surface area contributed by atoms with E-state index in [1.165, 1.54) is 5.56 Å². The molecule has 2 unspecified atom stereocenters. The number of hydrogen-bond donors (Lipinski definition) is 1.